The summed E-state index contributed by atoms with van der Waals surface area (Å²) in [6.07, 6.45) is 0. The quantitative estimate of drug-likeness (QED) is 0.418. The average molecular weight is 165 g/mol. The van der Waals surface area contributed by atoms with E-state index in [-0.39, 0.29) is 51.4 Å². The summed E-state index contributed by atoms with van der Waals surface area (Å²) in [5, 5.41) is 10.5. The first kappa shape index (κ1) is 4.38. The zero-order chi connectivity index (χ0) is 11.0. The van der Waals surface area contributed by atoms with Crippen LogP contribution in [0.5, 0.6) is 0 Å². The number of hydrogen-bond donors (Lipinski definition) is 0. The van der Waals surface area contributed by atoms with Gasteiger partial charge in [0, 0.05) is 0 Å². The topological polar surface area (TPSA) is 40.1 Å². The van der Waals surface area contributed by atoms with E-state index in [1.807, 2.05) is 0 Å². The summed E-state index contributed by atoms with van der Waals surface area (Å²) in [6, 6.07) is -3.48. The van der Waals surface area contributed by atoms with Gasteiger partial charge < -0.3 is 9.90 Å². The number of aromatic carboxylic acids is 1. The van der Waals surface area contributed by atoms with E-state index in [0.717, 1.165) is 0 Å². The van der Waals surface area contributed by atoms with Crippen molar-refractivity contribution in [3.05, 3.63) is 35.8 Å². The van der Waals surface area contributed by atoms with Crippen molar-refractivity contribution in [2.75, 3.05) is 0 Å². The summed E-state index contributed by atoms with van der Waals surface area (Å²) in [7, 11) is 0. The minimum absolute atomic E-state index is 0. The largest absolute Gasteiger partial charge is 1.00 e. The average Bonchev–Trinajstić information content (AvgIpc) is 2.11. The molecule has 0 bridgehead atoms. The first-order chi connectivity index (χ1) is 6.37. The summed E-state index contributed by atoms with van der Waals surface area (Å²) in [6.45, 7) is 0. The second kappa shape index (κ2) is 5.04. The molecule has 46 valence electrons. The molecule has 0 saturated heterocycles. The van der Waals surface area contributed by atoms with Crippen molar-refractivity contribution in [3.8, 4) is 0 Å². The molecule has 1 rings (SSSR count). The zero-order valence-corrected chi connectivity index (χ0v) is 8.44. The normalized spacial score (nSPS) is 15.0. The fourth-order valence-electron chi connectivity index (χ4n) is 0.352. The summed E-state index contributed by atoms with van der Waals surface area (Å²) in [5.41, 5.74) is -0.809. The minimum Gasteiger partial charge on any atom is -0.545 e. The number of carboxylic acid groups (broad SMARTS) is 1. The molecule has 0 amide bonds. The summed E-state index contributed by atoms with van der Waals surface area (Å²) >= 11 is 0. The van der Waals surface area contributed by atoms with Gasteiger partial charge >= 0.3 is 51.4 Å². The molecule has 0 heterocycles. The predicted molar refractivity (Wildman–Crippen MR) is 30.8 cm³/mol. The van der Waals surface area contributed by atoms with Gasteiger partial charge in [-0.3, -0.25) is 0 Å². The van der Waals surface area contributed by atoms with E-state index < -0.39 is 41.7 Å². The van der Waals surface area contributed by atoms with Crippen LogP contribution in [0.2, 0.25) is 0 Å². The molecule has 3 heteroatoms. The number of rotatable bonds is 1. The molecule has 0 N–H and O–H groups in total. The van der Waals surface area contributed by atoms with Gasteiger partial charge in [-0.1, -0.05) is 30.2 Å². The van der Waals surface area contributed by atoms with Crippen LogP contribution in [0.4, 0.5) is 0 Å². The first-order valence-electron chi connectivity index (χ1n) is 4.66. The molecular formula is C7H5KO2. The molecule has 0 unspecified atom stereocenters. The SMILES string of the molecule is [2H]c1c([2H])c([2H])c(C(=O)[O-])c([2H])c1[2H].[K+]. The molecule has 2 nitrogen and oxygen atoms in total. The van der Waals surface area contributed by atoms with Crippen molar-refractivity contribution in [2.45, 2.75) is 0 Å². The maximum absolute atomic E-state index is 10.5. The summed E-state index contributed by atoms with van der Waals surface area (Å²) in [4.78, 5) is 10.5. The van der Waals surface area contributed by atoms with E-state index in [0.29, 0.717) is 0 Å². The van der Waals surface area contributed by atoms with E-state index >= 15 is 0 Å². The number of hydrogen-bond acceptors (Lipinski definition) is 2. The summed E-state index contributed by atoms with van der Waals surface area (Å²) in [5.74, 6) is -1.78. The molecule has 0 spiro atoms. The van der Waals surface area contributed by atoms with Crippen molar-refractivity contribution < 1.29 is 68.1 Å². The van der Waals surface area contributed by atoms with Crippen LogP contribution in [0, 0.1) is 0 Å². The Morgan fingerprint density at radius 2 is 1.90 bits per heavy atom. The zero-order valence-electron chi connectivity index (χ0n) is 10.3. The van der Waals surface area contributed by atoms with Crippen LogP contribution in [0.25, 0.3) is 0 Å². The summed E-state index contributed by atoms with van der Waals surface area (Å²) < 4.78 is 35.8. The third-order valence-corrected chi connectivity index (χ3v) is 0.704. The first-order valence-corrected chi connectivity index (χ1v) is 2.16. The molecule has 0 fully saturated rings. The van der Waals surface area contributed by atoms with Crippen LogP contribution in [0.1, 0.15) is 17.2 Å². The van der Waals surface area contributed by atoms with Gasteiger partial charge in [0.2, 0.25) is 0 Å². The van der Waals surface area contributed by atoms with Crippen molar-refractivity contribution in [3.63, 3.8) is 0 Å². The van der Waals surface area contributed by atoms with E-state index in [9.17, 15) is 9.90 Å². The molecule has 1 aromatic carbocycles. The van der Waals surface area contributed by atoms with Crippen molar-refractivity contribution in [1.82, 2.24) is 0 Å². The molecule has 1 aromatic rings. The Morgan fingerprint density at radius 3 is 2.30 bits per heavy atom. The molecule has 0 radical (unpaired) electrons. The van der Waals surface area contributed by atoms with Gasteiger partial charge in [-0.25, -0.2) is 0 Å². The fourth-order valence-corrected chi connectivity index (χ4v) is 0.352. The Morgan fingerprint density at radius 1 is 1.40 bits per heavy atom. The van der Waals surface area contributed by atoms with Gasteiger partial charge in [-0.2, -0.15) is 0 Å². The number of benzene rings is 1. The van der Waals surface area contributed by atoms with Gasteiger partial charge in [0.15, 0.2) is 0 Å². The maximum Gasteiger partial charge on any atom is 1.00 e. The monoisotopic (exact) mass is 165 g/mol. The van der Waals surface area contributed by atoms with Gasteiger partial charge in [0.1, 0.15) is 0 Å². The third kappa shape index (κ3) is 2.94. The third-order valence-electron chi connectivity index (χ3n) is 0.704. The van der Waals surface area contributed by atoms with E-state index in [1.54, 1.807) is 0 Å². The minimum atomic E-state index is -1.78. The Hall–Kier alpha value is 0.326. The standard InChI is InChI=1S/C7H6O2.K/c8-7(9)6-4-2-1-3-5-6;/h1-5H,(H,8,9);/q;+1/p-1/i1D,2D,3D,4D,5D;. The van der Waals surface area contributed by atoms with Gasteiger partial charge in [0.05, 0.1) is 12.8 Å². The Labute approximate surface area is 109 Å². The molecule has 0 aliphatic rings. The maximum atomic E-state index is 10.5. The van der Waals surface area contributed by atoms with Crippen molar-refractivity contribution in [1.29, 1.82) is 0 Å². The molecule has 10 heavy (non-hydrogen) atoms. The van der Waals surface area contributed by atoms with Gasteiger partial charge in [-0.05, 0) is 5.56 Å². The molecule has 0 saturated carbocycles. The number of carboxylic acids is 1. The van der Waals surface area contributed by atoms with E-state index in [2.05, 4.69) is 0 Å². The fraction of sp³-hybridized carbons (Fsp3) is 0. The molecule has 0 atom stereocenters. The number of carbonyl (C=O) groups is 1. The van der Waals surface area contributed by atoms with Gasteiger partial charge in [0.25, 0.3) is 0 Å². The molecular weight excluding hydrogens is 155 g/mol. The molecule has 0 aliphatic carbocycles. The second-order valence-corrected chi connectivity index (χ2v) is 1.29. The van der Waals surface area contributed by atoms with Crippen LogP contribution in [0.15, 0.2) is 30.2 Å². The van der Waals surface area contributed by atoms with Crippen molar-refractivity contribution >= 4 is 5.97 Å². The molecule has 0 aliphatic heterocycles. The van der Waals surface area contributed by atoms with E-state index in [1.165, 1.54) is 0 Å². The van der Waals surface area contributed by atoms with Crippen LogP contribution in [-0.2, 0) is 0 Å². The van der Waals surface area contributed by atoms with Gasteiger partial charge in [-0.15, -0.1) is 0 Å². The van der Waals surface area contributed by atoms with Crippen molar-refractivity contribution in [2.24, 2.45) is 0 Å². The number of carbonyl (C=O) groups excluding carboxylic acids is 1. The van der Waals surface area contributed by atoms with Crippen LogP contribution >= 0.6 is 0 Å². The Balaban J connectivity index is 0.00000196. The van der Waals surface area contributed by atoms with E-state index in [4.69, 9.17) is 6.85 Å². The Kier molecular flexibility index (Phi) is 2.21. The van der Waals surface area contributed by atoms with Crippen LogP contribution < -0.4 is 56.5 Å². The Bertz CT molecular complexity index is 391. The van der Waals surface area contributed by atoms with Crippen LogP contribution in [-0.4, -0.2) is 5.97 Å². The molecule has 0 aromatic heterocycles. The van der Waals surface area contributed by atoms with Crippen LogP contribution in [0.3, 0.4) is 0 Å². The predicted octanol–water partition coefficient (Wildman–Crippen LogP) is -2.95. The smallest absolute Gasteiger partial charge is 0.545 e. The second-order valence-electron chi connectivity index (χ2n) is 1.29.